The van der Waals surface area contributed by atoms with Crippen LogP contribution in [0.15, 0.2) is 42.5 Å². The van der Waals surface area contributed by atoms with Gasteiger partial charge in [-0.2, -0.15) is 0 Å². The number of hydrogen-bond acceptors (Lipinski definition) is 4. The highest BCUT2D eigenvalue weighted by atomic mass is 16.5. The molecule has 2 aromatic rings. The molecule has 4 nitrogen and oxygen atoms in total. The number of esters is 1. The van der Waals surface area contributed by atoms with E-state index in [4.69, 9.17) is 4.74 Å². The van der Waals surface area contributed by atoms with Crippen LogP contribution in [0.25, 0.3) is 0 Å². The maximum atomic E-state index is 11.5. The number of hydrogen-bond donors (Lipinski definition) is 1. The van der Waals surface area contributed by atoms with E-state index in [1.165, 1.54) is 13.2 Å². The molecule has 0 unspecified atom stereocenters. The van der Waals surface area contributed by atoms with Crippen molar-refractivity contribution in [3.63, 3.8) is 0 Å². The van der Waals surface area contributed by atoms with Crippen molar-refractivity contribution in [1.82, 2.24) is 0 Å². The maximum absolute atomic E-state index is 11.5. The summed E-state index contributed by atoms with van der Waals surface area (Å²) in [5.41, 5.74) is 2.31. The van der Waals surface area contributed by atoms with Crippen molar-refractivity contribution in [2.24, 2.45) is 0 Å². The van der Waals surface area contributed by atoms with Gasteiger partial charge < -0.3 is 14.6 Å². The highest BCUT2D eigenvalue weighted by Gasteiger charge is 2.09. The molecule has 0 heterocycles. The van der Waals surface area contributed by atoms with Gasteiger partial charge in [0.2, 0.25) is 0 Å². The summed E-state index contributed by atoms with van der Waals surface area (Å²) in [6, 6.07) is 12.5. The third kappa shape index (κ3) is 3.75. The number of rotatable bonds is 5. The van der Waals surface area contributed by atoms with E-state index >= 15 is 0 Å². The van der Waals surface area contributed by atoms with Crippen LogP contribution in [-0.4, -0.2) is 25.3 Å². The number of ether oxygens (including phenoxy) is 2. The molecule has 2 aromatic carbocycles. The van der Waals surface area contributed by atoms with E-state index in [1.807, 2.05) is 24.3 Å². The van der Waals surface area contributed by atoms with Gasteiger partial charge in [-0.05, 0) is 54.3 Å². The topological polar surface area (TPSA) is 55.8 Å². The number of carbonyl (C=O) groups excluding carboxylic acids is 1. The largest absolute Gasteiger partial charge is 0.508 e. The van der Waals surface area contributed by atoms with Gasteiger partial charge in [0.15, 0.2) is 0 Å². The second kappa shape index (κ2) is 6.79. The summed E-state index contributed by atoms with van der Waals surface area (Å²) in [5.74, 6) is 0.603. The summed E-state index contributed by atoms with van der Waals surface area (Å²) in [4.78, 5) is 11.5. The van der Waals surface area contributed by atoms with Crippen LogP contribution in [0.3, 0.4) is 0 Å². The van der Waals surface area contributed by atoms with Crippen molar-refractivity contribution in [1.29, 1.82) is 0 Å². The number of benzene rings is 2. The number of phenolic OH excluding ortho intramolecular Hbond substituents is 1. The molecule has 4 heteroatoms. The van der Waals surface area contributed by atoms with Crippen molar-refractivity contribution >= 4 is 5.97 Å². The average molecular weight is 286 g/mol. The first kappa shape index (κ1) is 14.9. The van der Waals surface area contributed by atoms with Gasteiger partial charge in [0, 0.05) is 0 Å². The summed E-state index contributed by atoms with van der Waals surface area (Å²) in [5, 5.41) is 9.88. The molecule has 1 N–H and O–H groups in total. The zero-order valence-corrected chi connectivity index (χ0v) is 12.1. The Bertz CT molecular complexity index is 617. The molecule has 0 saturated carbocycles. The lowest BCUT2D eigenvalue weighted by Gasteiger charge is -2.08. The van der Waals surface area contributed by atoms with Gasteiger partial charge in [-0.25, -0.2) is 4.79 Å². The van der Waals surface area contributed by atoms with Crippen molar-refractivity contribution in [2.45, 2.75) is 12.8 Å². The highest BCUT2D eigenvalue weighted by molar-refractivity contribution is 5.89. The Labute approximate surface area is 123 Å². The molecule has 0 atom stereocenters. The smallest absolute Gasteiger partial charge is 0.337 e. The summed E-state index contributed by atoms with van der Waals surface area (Å²) in [6.07, 6.45) is 1.41. The first-order valence-electron chi connectivity index (χ1n) is 6.67. The average Bonchev–Trinajstić information content (AvgIpc) is 2.53. The van der Waals surface area contributed by atoms with E-state index in [0.717, 1.165) is 23.3 Å². The Hall–Kier alpha value is -2.49. The second-order valence-corrected chi connectivity index (χ2v) is 4.68. The quantitative estimate of drug-likeness (QED) is 0.859. The molecule has 0 aliphatic heterocycles. The number of carbonyl (C=O) groups is 1. The van der Waals surface area contributed by atoms with Crippen LogP contribution >= 0.6 is 0 Å². The molecule has 110 valence electrons. The summed E-state index contributed by atoms with van der Waals surface area (Å²) in [7, 11) is 2.97. The lowest BCUT2D eigenvalue weighted by molar-refractivity contribution is 0.0600. The number of aryl methyl sites for hydroxylation is 2. The molecule has 2 rings (SSSR count). The molecule has 21 heavy (non-hydrogen) atoms. The van der Waals surface area contributed by atoms with Crippen LogP contribution in [0, 0.1) is 0 Å². The number of aromatic hydroxyl groups is 1. The molecule has 0 aliphatic carbocycles. The molecule has 0 bridgehead atoms. The van der Waals surface area contributed by atoms with Crippen molar-refractivity contribution in [2.75, 3.05) is 14.2 Å². The highest BCUT2D eigenvalue weighted by Crippen LogP contribution is 2.21. The monoisotopic (exact) mass is 286 g/mol. The van der Waals surface area contributed by atoms with Crippen LogP contribution in [0.2, 0.25) is 0 Å². The molecule has 0 saturated heterocycles. The SMILES string of the molecule is COC(=O)c1ccc(O)c(CCc2ccc(OC)cc2)c1. The van der Waals surface area contributed by atoms with Gasteiger partial charge in [-0.3, -0.25) is 0 Å². The van der Waals surface area contributed by atoms with Crippen LogP contribution in [0.4, 0.5) is 0 Å². The Morgan fingerprint density at radius 1 is 1.05 bits per heavy atom. The first-order valence-corrected chi connectivity index (χ1v) is 6.67. The molecular weight excluding hydrogens is 268 g/mol. The Morgan fingerprint density at radius 3 is 2.38 bits per heavy atom. The van der Waals surface area contributed by atoms with Crippen LogP contribution < -0.4 is 4.74 Å². The van der Waals surface area contributed by atoms with E-state index in [2.05, 4.69) is 4.74 Å². The van der Waals surface area contributed by atoms with Crippen molar-refractivity contribution in [3.05, 3.63) is 59.2 Å². The van der Waals surface area contributed by atoms with E-state index in [0.29, 0.717) is 12.0 Å². The minimum Gasteiger partial charge on any atom is -0.508 e. The fourth-order valence-electron chi connectivity index (χ4n) is 2.10. The summed E-state index contributed by atoms with van der Waals surface area (Å²) < 4.78 is 9.80. The molecule has 0 fully saturated rings. The fraction of sp³-hybridized carbons (Fsp3) is 0.235. The number of phenols is 1. The molecule has 0 amide bonds. The zero-order valence-electron chi connectivity index (χ0n) is 12.1. The van der Waals surface area contributed by atoms with E-state index in [-0.39, 0.29) is 5.75 Å². The second-order valence-electron chi connectivity index (χ2n) is 4.68. The van der Waals surface area contributed by atoms with Gasteiger partial charge in [0.05, 0.1) is 19.8 Å². The Balaban J connectivity index is 2.09. The minimum atomic E-state index is -0.402. The van der Waals surface area contributed by atoms with E-state index in [9.17, 15) is 9.90 Å². The van der Waals surface area contributed by atoms with Crippen molar-refractivity contribution < 1.29 is 19.4 Å². The van der Waals surface area contributed by atoms with Crippen LogP contribution in [-0.2, 0) is 17.6 Å². The maximum Gasteiger partial charge on any atom is 0.337 e. The lowest BCUT2D eigenvalue weighted by atomic mass is 10.0. The van der Waals surface area contributed by atoms with Crippen LogP contribution in [0.1, 0.15) is 21.5 Å². The standard InChI is InChI=1S/C17H18O4/c1-20-15-8-4-12(5-9-15)3-6-13-11-14(17(19)21-2)7-10-16(13)18/h4-5,7-11,18H,3,6H2,1-2H3. The Morgan fingerprint density at radius 2 is 1.76 bits per heavy atom. The number of methoxy groups -OCH3 is 2. The molecule has 0 aromatic heterocycles. The van der Waals surface area contributed by atoms with Crippen molar-refractivity contribution in [3.8, 4) is 11.5 Å². The molecule has 0 spiro atoms. The summed E-state index contributed by atoms with van der Waals surface area (Å²) in [6.45, 7) is 0. The minimum absolute atomic E-state index is 0.191. The predicted molar refractivity (Wildman–Crippen MR) is 79.8 cm³/mol. The van der Waals surface area contributed by atoms with Gasteiger partial charge >= 0.3 is 5.97 Å². The first-order chi connectivity index (χ1) is 10.1. The van der Waals surface area contributed by atoms with Gasteiger partial charge in [-0.1, -0.05) is 12.1 Å². The normalized spacial score (nSPS) is 10.2. The lowest BCUT2D eigenvalue weighted by Crippen LogP contribution is -2.02. The van der Waals surface area contributed by atoms with Crippen LogP contribution in [0.5, 0.6) is 11.5 Å². The third-order valence-corrected chi connectivity index (χ3v) is 3.34. The third-order valence-electron chi connectivity index (χ3n) is 3.34. The van der Waals surface area contributed by atoms with Gasteiger partial charge in [0.25, 0.3) is 0 Å². The van der Waals surface area contributed by atoms with Gasteiger partial charge in [-0.15, -0.1) is 0 Å². The van der Waals surface area contributed by atoms with E-state index in [1.54, 1.807) is 19.2 Å². The molecular formula is C17H18O4. The van der Waals surface area contributed by atoms with E-state index < -0.39 is 5.97 Å². The molecule has 0 aliphatic rings. The predicted octanol–water partition coefficient (Wildman–Crippen LogP) is 2.97. The van der Waals surface area contributed by atoms with Gasteiger partial charge in [0.1, 0.15) is 11.5 Å². The zero-order chi connectivity index (χ0) is 15.2. The Kier molecular flexibility index (Phi) is 4.82. The summed E-state index contributed by atoms with van der Waals surface area (Å²) >= 11 is 0. The molecule has 0 radical (unpaired) electrons. The fourth-order valence-corrected chi connectivity index (χ4v) is 2.10.